The second kappa shape index (κ2) is 7.25. The third-order valence-corrected chi connectivity index (χ3v) is 5.33. The second-order valence-corrected chi connectivity index (χ2v) is 6.98. The van der Waals surface area contributed by atoms with Crippen LogP contribution in [-0.2, 0) is 14.4 Å². The van der Waals surface area contributed by atoms with E-state index in [4.69, 9.17) is 0 Å². The van der Waals surface area contributed by atoms with Gasteiger partial charge >= 0.3 is 5.97 Å². The molecular weight excluding hydrogens is 320 g/mol. The molecule has 0 bridgehead atoms. The molecule has 1 aromatic rings. The molecule has 2 aliphatic heterocycles. The van der Waals surface area contributed by atoms with Gasteiger partial charge < -0.3 is 14.9 Å². The highest BCUT2D eigenvalue weighted by Gasteiger charge is 2.41. The van der Waals surface area contributed by atoms with Crippen molar-refractivity contribution in [1.82, 2.24) is 9.80 Å². The number of benzene rings is 1. The Labute approximate surface area is 147 Å². The molecule has 2 heterocycles. The zero-order valence-corrected chi connectivity index (χ0v) is 14.5. The number of nitrogens with zero attached hydrogens (tertiary/aromatic N) is 2. The van der Waals surface area contributed by atoms with Crippen LogP contribution in [0.25, 0.3) is 0 Å². The lowest BCUT2D eigenvalue weighted by Gasteiger charge is -2.28. The highest BCUT2D eigenvalue weighted by atomic mass is 16.4. The molecule has 0 saturated carbocycles. The highest BCUT2D eigenvalue weighted by Crippen LogP contribution is 2.34. The molecule has 1 aromatic carbocycles. The van der Waals surface area contributed by atoms with Gasteiger partial charge in [-0.3, -0.25) is 14.4 Å². The first-order valence-corrected chi connectivity index (χ1v) is 8.81. The first kappa shape index (κ1) is 17.5. The average Bonchev–Trinajstić information content (AvgIpc) is 3.03. The first-order valence-electron chi connectivity index (χ1n) is 8.81. The summed E-state index contributed by atoms with van der Waals surface area (Å²) in [5.74, 6) is -1.83. The summed E-state index contributed by atoms with van der Waals surface area (Å²) in [6, 6.07) is 7.73. The van der Waals surface area contributed by atoms with Gasteiger partial charge in [0.1, 0.15) is 0 Å². The fourth-order valence-corrected chi connectivity index (χ4v) is 3.87. The van der Waals surface area contributed by atoms with Crippen LogP contribution in [0.4, 0.5) is 0 Å². The van der Waals surface area contributed by atoms with E-state index in [1.807, 2.05) is 31.2 Å². The molecule has 3 rings (SSSR count). The fourth-order valence-electron chi connectivity index (χ4n) is 3.87. The molecule has 0 spiro atoms. The molecule has 134 valence electrons. The fraction of sp³-hybridized carbons (Fsp3) is 0.526. The number of hydrogen-bond donors (Lipinski definition) is 1. The van der Waals surface area contributed by atoms with Crippen molar-refractivity contribution in [2.75, 3.05) is 26.2 Å². The minimum absolute atomic E-state index is 0.0176. The molecule has 0 aliphatic carbocycles. The molecule has 0 radical (unpaired) electrons. The van der Waals surface area contributed by atoms with E-state index in [-0.39, 0.29) is 30.8 Å². The highest BCUT2D eigenvalue weighted by molar-refractivity contribution is 5.86. The van der Waals surface area contributed by atoms with Gasteiger partial charge in [0.05, 0.1) is 12.5 Å². The maximum Gasteiger partial charge on any atom is 0.308 e. The minimum atomic E-state index is -0.877. The Kier molecular flexibility index (Phi) is 5.06. The number of aliphatic carboxylic acids is 1. The lowest BCUT2D eigenvalue weighted by molar-refractivity contribution is -0.143. The molecule has 2 saturated heterocycles. The Morgan fingerprint density at radius 3 is 2.64 bits per heavy atom. The summed E-state index contributed by atoms with van der Waals surface area (Å²) in [4.78, 5) is 39.5. The number of hydrogen-bond acceptors (Lipinski definition) is 3. The van der Waals surface area contributed by atoms with Gasteiger partial charge in [-0.05, 0) is 30.9 Å². The number of carboxylic acid groups (broad SMARTS) is 1. The van der Waals surface area contributed by atoms with Gasteiger partial charge in [-0.25, -0.2) is 0 Å². The Balaban J connectivity index is 1.73. The number of amides is 2. The van der Waals surface area contributed by atoms with E-state index in [0.29, 0.717) is 19.5 Å². The second-order valence-electron chi connectivity index (χ2n) is 6.98. The zero-order chi connectivity index (χ0) is 18.0. The maximum atomic E-state index is 12.6. The number of rotatable bonds is 4. The van der Waals surface area contributed by atoms with Crippen molar-refractivity contribution in [3.8, 4) is 0 Å². The van der Waals surface area contributed by atoms with Gasteiger partial charge in [0, 0.05) is 32.0 Å². The summed E-state index contributed by atoms with van der Waals surface area (Å²) < 4.78 is 0. The lowest BCUT2D eigenvalue weighted by Crippen LogP contribution is -2.44. The van der Waals surface area contributed by atoms with Crippen molar-refractivity contribution in [2.45, 2.75) is 32.1 Å². The van der Waals surface area contributed by atoms with Gasteiger partial charge in [-0.1, -0.05) is 24.3 Å². The predicted octanol–water partition coefficient (Wildman–Crippen LogP) is 1.63. The van der Waals surface area contributed by atoms with E-state index in [9.17, 15) is 19.5 Å². The molecule has 0 aromatic heterocycles. The maximum absolute atomic E-state index is 12.6. The van der Waals surface area contributed by atoms with E-state index in [2.05, 4.69) is 0 Å². The van der Waals surface area contributed by atoms with Crippen molar-refractivity contribution >= 4 is 17.8 Å². The van der Waals surface area contributed by atoms with Crippen LogP contribution in [0.1, 0.15) is 36.3 Å². The van der Waals surface area contributed by atoms with Crippen LogP contribution in [-0.4, -0.2) is 58.9 Å². The summed E-state index contributed by atoms with van der Waals surface area (Å²) in [6.07, 6.45) is 2.29. The van der Waals surface area contributed by atoms with E-state index in [1.54, 1.807) is 9.80 Å². The van der Waals surface area contributed by atoms with Gasteiger partial charge in [-0.15, -0.1) is 0 Å². The summed E-state index contributed by atoms with van der Waals surface area (Å²) >= 11 is 0. The molecule has 6 nitrogen and oxygen atoms in total. The SMILES string of the molecule is Cc1ccccc1C1CN(C(=O)CN2CCCCC2=O)CC1C(=O)O. The lowest BCUT2D eigenvalue weighted by atomic mass is 9.86. The normalized spacial score (nSPS) is 23.8. The van der Waals surface area contributed by atoms with Crippen LogP contribution < -0.4 is 0 Å². The van der Waals surface area contributed by atoms with Crippen LogP contribution >= 0.6 is 0 Å². The van der Waals surface area contributed by atoms with Gasteiger partial charge in [0.2, 0.25) is 11.8 Å². The third kappa shape index (κ3) is 3.67. The number of carbonyl (C=O) groups is 3. The van der Waals surface area contributed by atoms with Crippen LogP contribution in [0.5, 0.6) is 0 Å². The predicted molar refractivity (Wildman–Crippen MR) is 92.1 cm³/mol. The van der Waals surface area contributed by atoms with Crippen LogP contribution in [0.2, 0.25) is 0 Å². The van der Waals surface area contributed by atoms with Crippen molar-refractivity contribution in [1.29, 1.82) is 0 Å². The summed E-state index contributed by atoms with van der Waals surface area (Å²) in [6.45, 7) is 3.23. The molecule has 6 heteroatoms. The van der Waals surface area contributed by atoms with Crippen molar-refractivity contribution in [3.05, 3.63) is 35.4 Å². The van der Waals surface area contributed by atoms with E-state index in [1.165, 1.54) is 0 Å². The van der Waals surface area contributed by atoms with Gasteiger partial charge in [0.25, 0.3) is 0 Å². The van der Waals surface area contributed by atoms with E-state index < -0.39 is 11.9 Å². The molecule has 2 unspecified atom stereocenters. The molecular formula is C19H24N2O4. The molecule has 2 atom stereocenters. The number of likely N-dealkylation sites (tertiary alicyclic amines) is 2. The molecule has 1 N–H and O–H groups in total. The summed E-state index contributed by atoms with van der Waals surface area (Å²) in [7, 11) is 0. The van der Waals surface area contributed by atoms with E-state index in [0.717, 1.165) is 24.0 Å². The first-order chi connectivity index (χ1) is 12.0. The monoisotopic (exact) mass is 344 g/mol. The largest absolute Gasteiger partial charge is 0.481 e. The Hall–Kier alpha value is -2.37. The third-order valence-electron chi connectivity index (χ3n) is 5.33. The average molecular weight is 344 g/mol. The van der Waals surface area contributed by atoms with Crippen LogP contribution in [0, 0.1) is 12.8 Å². The number of carboxylic acids is 1. The minimum Gasteiger partial charge on any atom is -0.481 e. The van der Waals surface area contributed by atoms with Crippen LogP contribution in [0.3, 0.4) is 0 Å². The topological polar surface area (TPSA) is 77.9 Å². The summed E-state index contributed by atoms with van der Waals surface area (Å²) in [5, 5.41) is 9.60. The molecule has 25 heavy (non-hydrogen) atoms. The van der Waals surface area contributed by atoms with Gasteiger partial charge in [-0.2, -0.15) is 0 Å². The van der Waals surface area contributed by atoms with Gasteiger partial charge in [0.15, 0.2) is 0 Å². The molecule has 2 fully saturated rings. The van der Waals surface area contributed by atoms with E-state index >= 15 is 0 Å². The van der Waals surface area contributed by atoms with Crippen molar-refractivity contribution < 1.29 is 19.5 Å². The zero-order valence-electron chi connectivity index (χ0n) is 14.5. The quantitative estimate of drug-likeness (QED) is 0.901. The Bertz CT molecular complexity index is 688. The Morgan fingerprint density at radius 1 is 1.20 bits per heavy atom. The molecule has 2 amide bonds. The van der Waals surface area contributed by atoms with Crippen molar-refractivity contribution in [2.24, 2.45) is 5.92 Å². The standard InChI is InChI=1S/C19H24N2O4/c1-13-6-2-3-7-14(13)15-10-21(11-16(15)19(24)25)18(23)12-20-9-5-4-8-17(20)22/h2-3,6-7,15-16H,4-5,8-12H2,1H3,(H,24,25). The summed E-state index contributed by atoms with van der Waals surface area (Å²) in [5.41, 5.74) is 2.03. The van der Waals surface area contributed by atoms with Crippen LogP contribution in [0.15, 0.2) is 24.3 Å². The Morgan fingerprint density at radius 2 is 1.96 bits per heavy atom. The number of piperidine rings is 1. The molecule has 2 aliphatic rings. The number of aryl methyl sites for hydroxylation is 1. The smallest absolute Gasteiger partial charge is 0.308 e. The van der Waals surface area contributed by atoms with Crippen molar-refractivity contribution in [3.63, 3.8) is 0 Å². The number of carbonyl (C=O) groups excluding carboxylic acids is 2.